The lowest BCUT2D eigenvalue weighted by atomic mass is 9.95. The van der Waals surface area contributed by atoms with Gasteiger partial charge in [-0.2, -0.15) is 0 Å². The smallest absolute Gasteiger partial charge is 0.233 e. The quantitative estimate of drug-likeness (QED) is 0.278. The van der Waals surface area contributed by atoms with Crippen molar-refractivity contribution in [3.05, 3.63) is 25.6 Å². The third-order valence-electron chi connectivity index (χ3n) is 2.56. The van der Waals surface area contributed by atoms with Crippen LogP contribution in [0.5, 0.6) is 0 Å². The number of carbonyl (C=O) groups is 1. The zero-order valence-corrected chi connectivity index (χ0v) is 19.3. The van der Waals surface area contributed by atoms with Gasteiger partial charge in [0.2, 0.25) is 5.91 Å². The van der Waals surface area contributed by atoms with Crippen LogP contribution in [-0.2, 0) is 4.79 Å². The van der Waals surface area contributed by atoms with Crippen LogP contribution in [0, 0.1) is 5.41 Å². The van der Waals surface area contributed by atoms with E-state index in [1.54, 1.807) is 0 Å². The van der Waals surface area contributed by atoms with E-state index in [0.717, 1.165) is 13.4 Å². The Hall–Kier alpha value is 1.57. The summed E-state index contributed by atoms with van der Waals surface area (Å²) in [4.78, 5) is 12.4. The van der Waals surface area contributed by atoms with E-state index in [1.165, 1.54) is 0 Å². The summed E-state index contributed by atoms with van der Waals surface area (Å²) in [6.07, 6.45) is 0. The largest absolute Gasteiger partial charge is 0.324 e. The maximum atomic E-state index is 12.4. The molecule has 1 amide bonds. The highest BCUT2D eigenvalue weighted by Crippen LogP contribution is 2.50. The number of alkyl halides is 3. The second-order valence-corrected chi connectivity index (χ2v) is 13.5. The molecule has 0 saturated heterocycles. The van der Waals surface area contributed by atoms with Crippen molar-refractivity contribution in [3.8, 4) is 0 Å². The second kappa shape index (κ2) is 6.77. The Morgan fingerprint density at radius 3 is 2.05 bits per heavy atom. The summed E-state index contributed by atoms with van der Waals surface area (Å²) in [5, 5.41) is 2.90. The van der Waals surface area contributed by atoms with Gasteiger partial charge in [0.15, 0.2) is 0 Å². The van der Waals surface area contributed by atoms with Crippen molar-refractivity contribution in [2.45, 2.75) is 16.0 Å². The summed E-state index contributed by atoms with van der Waals surface area (Å²) in [6.45, 7) is 3.64. The van der Waals surface area contributed by atoms with Gasteiger partial charge in [-0.05, 0) is 73.8 Å². The monoisotopic (exact) mass is 645 g/mol. The van der Waals surface area contributed by atoms with Gasteiger partial charge in [-0.1, -0.05) is 47.8 Å². The molecule has 1 rings (SSSR count). The van der Waals surface area contributed by atoms with Crippen LogP contribution in [0.15, 0.2) is 25.6 Å². The molecule has 0 saturated carbocycles. The SMILES string of the molecule is CC(C)(C(=O)Nc1ccc(Br)c(Br)c1Br)C(Br)(Br)Br. The maximum absolute atomic E-state index is 12.4. The van der Waals surface area contributed by atoms with Gasteiger partial charge in [0.25, 0.3) is 0 Å². The first-order valence-electron chi connectivity index (χ1n) is 5.00. The number of nitrogens with one attached hydrogen (secondary N) is 1. The first-order chi connectivity index (χ1) is 8.48. The molecule has 0 fully saturated rings. The standard InChI is InChI=1S/C11H9Br6NO/c1-10(2,11(15,16)17)9(19)18-6-4-3-5(12)7(13)8(6)14/h3-4H,1-2H3,(H,18,19). The van der Waals surface area contributed by atoms with Gasteiger partial charge in [0.05, 0.1) is 15.6 Å². The van der Waals surface area contributed by atoms with E-state index in [-0.39, 0.29) is 5.91 Å². The topological polar surface area (TPSA) is 29.1 Å². The highest BCUT2D eigenvalue weighted by molar-refractivity contribution is 9.39. The molecule has 0 heterocycles. The fourth-order valence-electron chi connectivity index (χ4n) is 1.03. The third-order valence-corrected chi connectivity index (χ3v) is 8.91. The van der Waals surface area contributed by atoms with Crippen molar-refractivity contribution in [2.24, 2.45) is 5.41 Å². The van der Waals surface area contributed by atoms with Crippen molar-refractivity contribution in [2.75, 3.05) is 5.32 Å². The number of carbonyl (C=O) groups excluding carboxylic acids is 1. The summed E-state index contributed by atoms with van der Waals surface area (Å²) in [6, 6.07) is 3.69. The molecule has 0 radical (unpaired) electrons. The molecule has 2 nitrogen and oxygen atoms in total. The minimum Gasteiger partial charge on any atom is -0.324 e. The van der Waals surface area contributed by atoms with Crippen LogP contribution in [0.25, 0.3) is 0 Å². The number of benzene rings is 1. The summed E-state index contributed by atoms with van der Waals surface area (Å²) < 4.78 is 1.87. The molecule has 8 heteroatoms. The van der Waals surface area contributed by atoms with Crippen molar-refractivity contribution < 1.29 is 4.79 Å². The number of amides is 1. The molecule has 0 aliphatic heterocycles. The number of anilines is 1. The molecule has 0 aliphatic rings. The van der Waals surface area contributed by atoms with Gasteiger partial charge in [-0.15, -0.1) is 0 Å². The average Bonchev–Trinajstić information content (AvgIpc) is 2.28. The van der Waals surface area contributed by atoms with Gasteiger partial charge in [-0.25, -0.2) is 0 Å². The van der Waals surface area contributed by atoms with E-state index < -0.39 is 7.56 Å². The number of halogens is 6. The van der Waals surface area contributed by atoms with E-state index in [9.17, 15) is 4.79 Å². The lowest BCUT2D eigenvalue weighted by molar-refractivity contribution is -0.123. The van der Waals surface area contributed by atoms with Crippen LogP contribution in [0.1, 0.15) is 13.8 Å². The fourth-order valence-corrected chi connectivity index (χ4v) is 2.96. The van der Waals surface area contributed by atoms with Crippen molar-refractivity contribution in [1.29, 1.82) is 0 Å². The normalized spacial score (nSPS) is 12.4. The Kier molecular flexibility index (Phi) is 6.64. The van der Waals surface area contributed by atoms with Crippen LogP contribution >= 0.6 is 95.6 Å². The fraction of sp³-hybridized carbons (Fsp3) is 0.364. The Balaban J connectivity index is 3.05. The van der Waals surface area contributed by atoms with Crippen LogP contribution in [0.4, 0.5) is 5.69 Å². The predicted molar refractivity (Wildman–Crippen MR) is 101 cm³/mol. The Morgan fingerprint density at radius 1 is 1.05 bits per heavy atom. The zero-order valence-electron chi connectivity index (χ0n) is 9.83. The average molecular weight is 651 g/mol. The minimum absolute atomic E-state index is 0.131. The van der Waals surface area contributed by atoms with Gasteiger partial charge < -0.3 is 5.32 Å². The number of rotatable bonds is 2. The van der Waals surface area contributed by atoms with Crippen molar-refractivity contribution in [1.82, 2.24) is 0 Å². The molecular formula is C11H9Br6NO. The molecule has 1 N–H and O–H groups in total. The first kappa shape index (κ1) is 18.6. The lowest BCUT2D eigenvalue weighted by Gasteiger charge is -2.32. The van der Waals surface area contributed by atoms with Gasteiger partial charge in [-0.3, -0.25) is 4.79 Å². The number of hydrogen-bond donors (Lipinski definition) is 1. The van der Waals surface area contributed by atoms with E-state index in [4.69, 9.17) is 0 Å². The first-order valence-corrected chi connectivity index (χ1v) is 9.76. The molecule has 0 aromatic heterocycles. The molecule has 106 valence electrons. The molecule has 1 aromatic carbocycles. The summed E-state index contributed by atoms with van der Waals surface area (Å²) in [5.41, 5.74) is -0.0173. The number of hydrogen-bond acceptors (Lipinski definition) is 1. The summed E-state index contributed by atoms with van der Waals surface area (Å²) in [5.74, 6) is -0.131. The van der Waals surface area contributed by atoms with Crippen LogP contribution in [-0.4, -0.2) is 8.05 Å². The van der Waals surface area contributed by atoms with Crippen LogP contribution in [0.3, 0.4) is 0 Å². The van der Waals surface area contributed by atoms with E-state index >= 15 is 0 Å². The predicted octanol–water partition coefficient (Wildman–Crippen LogP) is 6.78. The molecule has 0 spiro atoms. The zero-order chi connectivity index (χ0) is 15.0. The molecule has 0 unspecified atom stereocenters. The highest BCUT2D eigenvalue weighted by atomic mass is 80.0. The van der Waals surface area contributed by atoms with Gasteiger partial charge in [0.1, 0.15) is 2.14 Å². The van der Waals surface area contributed by atoms with E-state index in [2.05, 4.69) is 101 Å². The second-order valence-electron chi connectivity index (χ2n) is 4.30. The van der Waals surface area contributed by atoms with E-state index in [0.29, 0.717) is 5.69 Å². The molecule has 1 aromatic rings. The van der Waals surface area contributed by atoms with Crippen molar-refractivity contribution >= 4 is 107 Å². The molecule has 0 atom stereocenters. The highest BCUT2D eigenvalue weighted by Gasteiger charge is 2.45. The van der Waals surface area contributed by atoms with Gasteiger partial charge in [0, 0.05) is 8.95 Å². The van der Waals surface area contributed by atoms with Gasteiger partial charge >= 0.3 is 0 Å². The Bertz CT molecular complexity index is 509. The molecular weight excluding hydrogens is 642 g/mol. The van der Waals surface area contributed by atoms with Crippen LogP contribution in [0.2, 0.25) is 0 Å². The molecule has 19 heavy (non-hydrogen) atoms. The maximum Gasteiger partial charge on any atom is 0.233 e. The summed E-state index contributed by atoms with van der Waals surface area (Å²) in [7, 11) is 0. The van der Waals surface area contributed by atoms with E-state index in [1.807, 2.05) is 26.0 Å². The van der Waals surface area contributed by atoms with Crippen LogP contribution < -0.4 is 5.32 Å². The summed E-state index contributed by atoms with van der Waals surface area (Å²) >= 11 is 20.5. The Labute approximate surface area is 162 Å². The minimum atomic E-state index is -0.716. The van der Waals surface area contributed by atoms with Crippen molar-refractivity contribution in [3.63, 3.8) is 0 Å². The third kappa shape index (κ3) is 4.28. The Morgan fingerprint density at radius 2 is 1.58 bits per heavy atom. The lowest BCUT2D eigenvalue weighted by Crippen LogP contribution is -2.40. The molecule has 0 bridgehead atoms. The molecule has 0 aliphatic carbocycles.